The van der Waals surface area contributed by atoms with E-state index >= 15 is 0 Å². The molecule has 8 atom stereocenters. The number of aliphatic hydroxyl groups excluding tert-OH is 1. The molecule has 0 bridgehead atoms. The topological polar surface area (TPSA) is 397 Å². The van der Waals surface area contributed by atoms with Crippen molar-refractivity contribution in [2.24, 2.45) is 112 Å². The molecule has 0 heterocycles. The van der Waals surface area contributed by atoms with E-state index in [4.69, 9.17) is 14.2 Å². The Balaban J connectivity index is -0.000000555. The van der Waals surface area contributed by atoms with Crippen LogP contribution < -0.4 is 31.9 Å². The quantitative estimate of drug-likeness (QED) is 0.0281. The molecule has 0 radical (unpaired) electrons. The number of ketones is 10. The predicted octanol–water partition coefficient (Wildman–Crippen LogP) is 21.1. The zero-order chi connectivity index (χ0) is 115. The van der Waals surface area contributed by atoms with Gasteiger partial charge >= 0.3 is 7.82 Å². The third-order valence-corrected chi connectivity index (χ3v) is 25.9. The minimum absolute atomic E-state index is 0.00654. The number of hydrogen-bond donors (Lipinski definition) is 8. The summed E-state index contributed by atoms with van der Waals surface area (Å²) in [6.45, 7) is 90.7. The van der Waals surface area contributed by atoms with Crippen LogP contribution in [0.5, 0.6) is 0 Å². The van der Waals surface area contributed by atoms with Gasteiger partial charge in [0.15, 0.2) is 28.9 Å². The second kappa shape index (κ2) is 79.6. The molecule has 0 aliphatic heterocycles. The van der Waals surface area contributed by atoms with Crippen molar-refractivity contribution < 1.29 is 90.7 Å². The normalized spacial score (nSPS) is 13.8. The number of carbonyl (C=O) groups excluding carboxylic acids is 14. The molecule has 0 aliphatic rings. The number of Topliss-reactive ketones (excluding diaryl/α,β-unsaturated/α-hetero) is 10. The first-order valence-corrected chi connectivity index (χ1v) is 57.6. The minimum Gasteiger partial charge on any atom is -0.395 e. The molecule has 29 heteroatoms. The Bertz CT molecular complexity index is 3870. The Morgan fingerprint density at radius 1 is 0.361 bits per heavy atom. The summed E-state index contributed by atoms with van der Waals surface area (Å²) in [7, 11) is -4.07. The van der Waals surface area contributed by atoms with E-state index in [-0.39, 0.29) is 235 Å². The van der Waals surface area contributed by atoms with Gasteiger partial charge in [-0.1, -0.05) is 315 Å². The van der Waals surface area contributed by atoms with E-state index in [0.717, 1.165) is 30.6 Å². The number of rotatable bonds is 70. The lowest BCUT2D eigenvalue weighted by atomic mass is 9.83. The number of hydrogen-bond acceptors (Lipinski definition) is 23. The van der Waals surface area contributed by atoms with Crippen molar-refractivity contribution in [3.63, 3.8) is 0 Å². The molecule has 0 aliphatic carbocycles. The number of phosphoric acid groups is 1. The molecular formula is C118H222N9O19P. The molecular weight excluding hydrogens is 1880 g/mol. The fourth-order valence-corrected chi connectivity index (χ4v) is 17.0. The SMILES string of the molecule is CC(C)C(=O)CN(CCN(CC(=O)C(C)C)C(=O)C(C)C)CC(=O)C(C)C.CC(C)CC(CC(C)C)c1ccc(C(C)C)cc1.CC(C)CNC(=O)C(CC(=O)C(CC(C)C)NC(=O)C(CC(C)C)CC(C)C)CC(C)C.CC(C)NC(CCC(=O)NC(CCC(=O)C(C)C)C(=O)C(C)C)C(=O)C(C)C.CC(C)NC(CO)C(C)OP(=O)(O)OC(C)C.CC(C)NCCC(C(=O)C(C)C)N(CC(=O)C(C)C)CC(=O)C(C)C. The summed E-state index contributed by atoms with van der Waals surface area (Å²) in [5.74, 6) is 2.92. The maximum Gasteiger partial charge on any atom is 0.472 e. The third kappa shape index (κ3) is 73.6. The number of carbonyl (C=O) groups is 14. The monoisotopic (exact) mass is 2100 g/mol. The standard InChI is InChI=1S/C27H52N2O3.C22H40N2O4.C21H38N2O4.C20H38N2O3.C18H30.C10H24NO5P/c1-17(2)11-22(12-18(3)4)27(32)29-24(14-20(7)8)25(30)15-23(13-19(5)6)26(31)28-16-21(9)10;1-13(2)19(25)11-9-18(22(28)15(5)6)24-20(26)12-10-17(23-16(7)8)21(27)14(3)4;1-14(2)18(24)11-22(12-19(25)15(3)4)9-10-23(21(27)17(7)8)13-20(26)16(5)6;1-13(2)18(23)11-22(12-19(24)14(3)4)17(20(25)15(5)6)9-10-21-16(7)8;1-13(2)11-18(12-14(3)4)17-9-7-16(8-10-17)15(5)6;1-7(2)11-10(6-12)9(5)16-17(13,14)15-8(3)4/h17-24H,11-16H2,1-10H3,(H,28,31)(H,29,32);13-18,23H,9-12H2,1-8H3,(H,24,26);14-17H,9-13H2,1-8H3;13-17,21H,9-12H2,1-8H3;7-10,13-15,18H,11-12H2,1-6H3;7-12H,6H2,1-5H3,(H,13,14). The Hall–Kier alpha value is -6.33. The van der Waals surface area contributed by atoms with Crippen LogP contribution in [-0.2, 0) is 80.7 Å². The highest BCUT2D eigenvalue weighted by Crippen LogP contribution is 2.46. The molecule has 28 nitrogen and oxygen atoms in total. The highest BCUT2D eigenvalue weighted by Gasteiger charge is 2.37. The van der Waals surface area contributed by atoms with E-state index in [2.05, 4.69) is 181 Å². The molecule has 0 spiro atoms. The fourth-order valence-electron chi connectivity index (χ4n) is 15.8. The summed E-state index contributed by atoms with van der Waals surface area (Å²) in [6.07, 6.45) is 6.40. The highest BCUT2D eigenvalue weighted by atomic mass is 31.2. The van der Waals surface area contributed by atoms with Gasteiger partial charge in [-0.15, -0.1) is 0 Å². The first-order chi connectivity index (χ1) is 67.5. The summed E-state index contributed by atoms with van der Waals surface area (Å²) in [5.41, 5.74) is 2.98. The van der Waals surface area contributed by atoms with Crippen molar-refractivity contribution in [3.8, 4) is 0 Å². The van der Waals surface area contributed by atoms with E-state index in [9.17, 15) is 76.6 Å². The smallest absolute Gasteiger partial charge is 0.395 e. The second-order valence-corrected chi connectivity index (χ2v) is 49.9. The van der Waals surface area contributed by atoms with E-state index in [0.29, 0.717) is 93.9 Å². The molecule has 147 heavy (non-hydrogen) atoms. The second-order valence-electron chi connectivity index (χ2n) is 48.5. The molecule has 1 rings (SSSR count). The average molecular weight is 2100 g/mol. The summed E-state index contributed by atoms with van der Waals surface area (Å²) < 4.78 is 21.3. The van der Waals surface area contributed by atoms with Gasteiger partial charge in [-0.25, -0.2) is 4.57 Å². The predicted molar refractivity (Wildman–Crippen MR) is 604 cm³/mol. The van der Waals surface area contributed by atoms with Gasteiger partial charge in [-0.3, -0.25) is 86.0 Å². The molecule has 0 saturated carbocycles. The van der Waals surface area contributed by atoms with Gasteiger partial charge < -0.3 is 46.8 Å². The number of nitrogens with zero attached hydrogens (tertiary/aromatic N) is 3. The fraction of sp³-hybridized carbons (Fsp3) is 0.831. The van der Waals surface area contributed by atoms with E-state index < -0.39 is 44.2 Å². The lowest BCUT2D eigenvalue weighted by Gasteiger charge is -2.32. The van der Waals surface area contributed by atoms with Crippen LogP contribution in [0.1, 0.15) is 412 Å². The number of amides is 4. The van der Waals surface area contributed by atoms with Crippen molar-refractivity contribution in [1.29, 1.82) is 0 Å². The Labute approximate surface area is 896 Å². The zero-order valence-electron chi connectivity index (χ0n) is 101. The number of nitrogens with one attached hydrogen (secondary N) is 6. The van der Waals surface area contributed by atoms with Crippen LogP contribution in [-0.4, -0.2) is 232 Å². The largest absolute Gasteiger partial charge is 0.472 e. The molecule has 0 saturated heterocycles. The van der Waals surface area contributed by atoms with E-state index in [1.807, 2.05) is 138 Å². The van der Waals surface area contributed by atoms with Crippen LogP contribution in [0.25, 0.3) is 0 Å². The van der Waals surface area contributed by atoms with E-state index in [1.165, 1.54) is 24.0 Å². The molecule has 8 N–H and O–H groups in total. The average Bonchev–Trinajstić information content (AvgIpc) is 0.835. The summed E-state index contributed by atoms with van der Waals surface area (Å²) in [5, 5.41) is 27.6. The van der Waals surface area contributed by atoms with Gasteiger partial charge in [-0.05, 0) is 149 Å². The summed E-state index contributed by atoms with van der Waals surface area (Å²) >= 11 is 0. The molecule has 1 aromatic rings. The van der Waals surface area contributed by atoms with Crippen LogP contribution in [0.4, 0.5) is 0 Å². The van der Waals surface area contributed by atoms with Crippen LogP contribution in [0, 0.1) is 112 Å². The lowest BCUT2D eigenvalue weighted by molar-refractivity contribution is -0.139. The molecule has 858 valence electrons. The third-order valence-electron chi connectivity index (χ3n) is 24.6. The van der Waals surface area contributed by atoms with Gasteiger partial charge in [0, 0.05) is 128 Å². The molecule has 0 fully saturated rings. The number of phosphoric ester groups is 1. The van der Waals surface area contributed by atoms with Crippen molar-refractivity contribution in [3.05, 3.63) is 35.4 Å². The van der Waals surface area contributed by atoms with Gasteiger partial charge in [0.1, 0.15) is 28.9 Å². The van der Waals surface area contributed by atoms with Crippen molar-refractivity contribution in [2.45, 2.75) is 461 Å². The first-order valence-electron chi connectivity index (χ1n) is 56.1. The van der Waals surface area contributed by atoms with Gasteiger partial charge in [0.2, 0.25) is 23.6 Å². The molecule has 8 unspecified atom stereocenters. The van der Waals surface area contributed by atoms with Gasteiger partial charge in [-0.2, -0.15) is 0 Å². The highest BCUT2D eigenvalue weighted by molar-refractivity contribution is 7.47. The molecule has 0 aromatic heterocycles. The van der Waals surface area contributed by atoms with Crippen molar-refractivity contribution in [2.75, 3.05) is 65.5 Å². The maximum absolute atomic E-state index is 13.3. The Morgan fingerprint density at radius 2 is 0.755 bits per heavy atom. The summed E-state index contributed by atoms with van der Waals surface area (Å²) in [4.78, 5) is 189. The first kappa shape index (κ1) is 149. The summed E-state index contributed by atoms with van der Waals surface area (Å²) in [6, 6.07) is 7.55. The number of aliphatic hydroxyl groups is 1. The van der Waals surface area contributed by atoms with Crippen LogP contribution in [0.3, 0.4) is 0 Å². The zero-order valence-corrected chi connectivity index (χ0v) is 102. The molecule has 1 aromatic carbocycles. The van der Waals surface area contributed by atoms with Crippen molar-refractivity contribution in [1.82, 2.24) is 46.6 Å². The lowest BCUT2D eigenvalue weighted by Crippen LogP contribution is -2.50. The minimum atomic E-state index is -4.07. The molecule has 4 amide bonds. The maximum atomic E-state index is 13.3. The van der Waals surface area contributed by atoms with Crippen LogP contribution in [0.2, 0.25) is 0 Å². The van der Waals surface area contributed by atoms with Gasteiger partial charge in [0.05, 0.1) is 81.7 Å². The van der Waals surface area contributed by atoms with Gasteiger partial charge in [0.25, 0.3) is 0 Å². The Morgan fingerprint density at radius 3 is 1.12 bits per heavy atom. The number of benzene rings is 1. The van der Waals surface area contributed by atoms with Crippen molar-refractivity contribution >= 4 is 89.3 Å². The Kier molecular flexibility index (Phi) is 80.7. The van der Waals surface area contributed by atoms with Crippen LogP contribution in [0.15, 0.2) is 24.3 Å². The van der Waals surface area contributed by atoms with E-state index in [1.54, 1.807) is 63.2 Å². The van der Waals surface area contributed by atoms with Crippen LogP contribution >= 0.6 is 7.82 Å².